The monoisotopic (exact) mass is 339 g/mol. The van der Waals surface area contributed by atoms with Crippen molar-refractivity contribution in [3.8, 4) is 6.07 Å². The number of aromatic nitrogens is 2. The molecular weight excluding hydrogens is 314 g/mol. The summed E-state index contributed by atoms with van der Waals surface area (Å²) in [5, 5.41) is 20.3. The van der Waals surface area contributed by atoms with E-state index in [1.54, 1.807) is 6.92 Å². The third-order valence-electron chi connectivity index (χ3n) is 3.83. The van der Waals surface area contributed by atoms with Crippen LogP contribution in [0.25, 0.3) is 0 Å². The average molecular weight is 339 g/mol. The first-order valence-electron chi connectivity index (χ1n) is 7.58. The molecule has 0 radical (unpaired) electrons. The number of hydrogen-bond donors (Lipinski definition) is 1. The number of carbonyl (C=O) groups excluding carboxylic acids is 1. The van der Waals surface area contributed by atoms with Crippen molar-refractivity contribution >= 4 is 17.7 Å². The minimum absolute atomic E-state index is 0.0156. The Morgan fingerprint density at radius 3 is 2.61 bits per heavy atom. The fourth-order valence-electron chi connectivity index (χ4n) is 1.93. The van der Waals surface area contributed by atoms with E-state index in [1.165, 1.54) is 11.8 Å². The van der Waals surface area contributed by atoms with E-state index < -0.39 is 5.54 Å². The predicted molar refractivity (Wildman–Crippen MR) is 88.7 cm³/mol. The molecule has 0 saturated carbocycles. The Labute approximate surface area is 141 Å². The van der Waals surface area contributed by atoms with Gasteiger partial charge in [-0.05, 0) is 33.4 Å². The first-order chi connectivity index (χ1) is 10.7. The van der Waals surface area contributed by atoms with Crippen molar-refractivity contribution in [2.24, 2.45) is 5.92 Å². The lowest BCUT2D eigenvalue weighted by atomic mass is 9.90. The highest BCUT2D eigenvalue weighted by Crippen LogP contribution is 2.24. The molecule has 1 aromatic heterocycles. The molecule has 1 aromatic rings. The molecule has 0 bridgehead atoms. The van der Waals surface area contributed by atoms with Crippen molar-refractivity contribution in [2.45, 2.75) is 50.9 Å². The average Bonchev–Trinajstić information content (AvgIpc) is 2.93. The van der Waals surface area contributed by atoms with Gasteiger partial charge in [-0.25, -0.2) is 0 Å². The number of carbonyl (C=O) groups is 1. The van der Waals surface area contributed by atoms with Gasteiger partial charge in [-0.2, -0.15) is 5.26 Å². The largest absolute Gasteiger partial charge is 0.414 e. The van der Waals surface area contributed by atoms with Gasteiger partial charge in [-0.3, -0.25) is 9.69 Å². The number of nitrogens with zero attached hydrogens (tertiary/aromatic N) is 4. The van der Waals surface area contributed by atoms with Crippen LogP contribution in [0, 0.1) is 17.2 Å². The molecule has 0 aliphatic carbocycles. The van der Waals surface area contributed by atoms with E-state index >= 15 is 0 Å². The van der Waals surface area contributed by atoms with Crippen LogP contribution in [0.1, 0.15) is 46.0 Å². The second kappa shape index (κ2) is 8.31. The van der Waals surface area contributed by atoms with Crippen molar-refractivity contribution in [1.29, 1.82) is 5.26 Å². The highest BCUT2D eigenvalue weighted by atomic mass is 32.2. The molecule has 8 heteroatoms. The topological polar surface area (TPSA) is 95.0 Å². The fourth-order valence-corrected chi connectivity index (χ4v) is 2.50. The van der Waals surface area contributed by atoms with Gasteiger partial charge in [-0.1, -0.05) is 32.5 Å². The van der Waals surface area contributed by atoms with Gasteiger partial charge in [0.15, 0.2) is 0 Å². The molecular formula is C15H25N5O2S. The molecule has 1 N–H and O–H groups in total. The summed E-state index contributed by atoms with van der Waals surface area (Å²) in [6.45, 7) is 7.55. The van der Waals surface area contributed by atoms with Gasteiger partial charge < -0.3 is 9.73 Å². The molecule has 1 amide bonds. The number of nitrogens with one attached hydrogen (secondary N) is 1. The summed E-state index contributed by atoms with van der Waals surface area (Å²) in [5.41, 5.74) is -0.879. The summed E-state index contributed by atoms with van der Waals surface area (Å²) in [6, 6.07) is 2.21. The summed E-state index contributed by atoms with van der Waals surface area (Å²) < 4.78 is 5.61. The number of amides is 1. The predicted octanol–water partition coefficient (Wildman–Crippen LogP) is 2.23. The van der Waals surface area contributed by atoms with E-state index in [-0.39, 0.29) is 23.6 Å². The molecule has 23 heavy (non-hydrogen) atoms. The van der Waals surface area contributed by atoms with E-state index in [2.05, 4.69) is 21.6 Å². The van der Waals surface area contributed by atoms with Crippen LogP contribution in [-0.4, -0.2) is 46.4 Å². The number of rotatable bonds is 8. The van der Waals surface area contributed by atoms with Gasteiger partial charge in [0.1, 0.15) is 5.54 Å². The maximum Gasteiger partial charge on any atom is 0.277 e. The zero-order chi connectivity index (χ0) is 17.6. The Morgan fingerprint density at radius 1 is 1.48 bits per heavy atom. The SMILES string of the molecule is CC[C@@H](c1nnc(SCC(=O)N[C@@](C)(C#N)C(C)C)o1)N(C)C. The molecule has 2 atom stereocenters. The summed E-state index contributed by atoms with van der Waals surface area (Å²) in [4.78, 5) is 14.0. The Hall–Kier alpha value is -1.59. The van der Waals surface area contributed by atoms with Crippen molar-refractivity contribution < 1.29 is 9.21 Å². The summed E-state index contributed by atoms with van der Waals surface area (Å²) in [7, 11) is 3.90. The molecule has 128 valence electrons. The Balaban J connectivity index is 2.61. The maximum absolute atomic E-state index is 12.0. The zero-order valence-corrected chi connectivity index (χ0v) is 15.4. The number of nitriles is 1. The second-order valence-corrected chi connectivity index (χ2v) is 7.03. The quantitative estimate of drug-likeness (QED) is 0.726. The Bertz CT molecular complexity index is 566. The molecule has 7 nitrogen and oxygen atoms in total. The van der Waals surface area contributed by atoms with E-state index in [9.17, 15) is 10.1 Å². The van der Waals surface area contributed by atoms with Gasteiger partial charge in [-0.15, -0.1) is 10.2 Å². The Kier molecular flexibility index (Phi) is 7.03. The van der Waals surface area contributed by atoms with E-state index in [0.717, 1.165) is 6.42 Å². The Morgan fingerprint density at radius 2 is 2.13 bits per heavy atom. The van der Waals surface area contributed by atoms with Crippen LogP contribution in [0.4, 0.5) is 0 Å². The third kappa shape index (κ3) is 5.22. The molecule has 1 rings (SSSR count). The third-order valence-corrected chi connectivity index (χ3v) is 4.65. The van der Waals surface area contributed by atoms with E-state index in [4.69, 9.17) is 4.42 Å². The molecule has 1 heterocycles. The smallest absolute Gasteiger partial charge is 0.277 e. The van der Waals surface area contributed by atoms with Crippen LogP contribution in [0.5, 0.6) is 0 Å². The standard InChI is InChI=1S/C15H25N5O2S/c1-7-11(20(5)6)13-18-19-14(22-13)23-8-12(21)17-15(4,9-16)10(2)3/h10-11H,7-8H2,1-6H3,(H,17,21)/t11-,15-/m0/s1. The van der Waals surface area contributed by atoms with Crippen LogP contribution in [-0.2, 0) is 4.79 Å². The number of hydrogen-bond acceptors (Lipinski definition) is 7. The normalized spacial score (nSPS) is 15.3. The van der Waals surface area contributed by atoms with Crippen molar-refractivity contribution in [1.82, 2.24) is 20.4 Å². The lowest BCUT2D eigenvalue weighted by Crippen LogP contribution is -2.49. The van der Waals surface area contributed by atoms with Crippen LogP contribution in [0.3, 0.4) is 0 Å². The lowest BCUT2D eigenvalue weighted by Gasteiger charge is -2.27. The van der Waals surface area contributed by atoms with Crippen LogP contribution >= 0.6 is 11.8 Å². The summed E-state index contributed by atoms with van der Waals surface area (Å²) in [6.07, 6.45) is 0.856. The molecule has 0 saturated heterocycles. The van der Waals surface area contributed by atoms with Gasteiger partial charge in [0.05, 0.1) is 17.9 Å². The van der Waals surface area contributed by atoms with Crippen LogP contribution in [0.15, 0.2) is 9.64 Å². The van der Waals surface area contributed by atoms with Crippen molar-refractivity contribution in [3.05, 3.63) is 5.89 Å². The number of thioether (sulfide) groups is 1. The minimum atomic E-state index is -0.879. The fraction of sp³-hybridized carbons (Fsp3) is 0.733. The molecule has 0 aliphatic rings. The van der Waals surface area contributed by atoms with Crippen molar-refractivity contribution in [3.63, 3.8) is 0 Å². The first kappa shape index (κ1) is 19.5. The van der Waals surface area contributed by atoms with Crippen LogP contribution < -0.4 is 5.32 Å². The van der Waals surface area contributed by atoms with E-state index in [0.29, 0.717) is 11.1 Å². The summed E-state index contributed by atoms with van der Waals surface area (Å²) >= 11 is 1.17. The van der Waals surface area contributed by atoms with Crippen molar-refractivity contribution in [2.75, 3.05) is 19.8 Å². The summed E-state index contributed by atoms with van der Waals surface area (Å²) in [5.74, 6) is 0.461. The lowest BCUT2D eigenvalue weighted by molar-refractivity contribution is -0.120. The van der Waals surface area contributed by atoms with Gasteiger partial charge in [0.2, 0.25) is 11.8 Å². The highest BCUT2D eigenvalue weighted by Gasteiger charge is 2.30. The molecule has 0 unspecified atom stereocenters. The second-order valence-electron chi connectivity index (χ2n) is 6.10. The van der Waals surface area contributed by atoms with Gasteiger partial charge in [0, 0.05) is 0 Å². The molecule has 0 fully saturated rings. The first-order valence-corrected chi connectivity index (χ1v) is 8.57. The molecule has 0 aromatic carbocycles. The van der Waals surface area contributed by atoms with Crippen LogP contribution in [0.2, 0.25) is 0 Å². The van der Waals surface area contributed by atoms with Gasteiger partial charge in [0.25, 0.3) is 5.22 Å². The zero-order valence-electron chi connectivity index (χ0n) is 14.6. The molecule has 0 aliphatic heterocycles. The minimum Gasteiger partial charge on any atom is -0.414 e. The molecule has 0 spiro atoms. The highest BCUT2D eigenvalue weighted by molar-refractivity contribution is 7.99. The van der Waals surface area contributed by atoms with Gasteiger partial charge >= 0.3 is 0 Å². The maximum atomic E-state index is 12.0. The van der Waals surface area contributed by atoms with E-state index in [1.807, 2.05) is 39.8 Å².